The van der Waals surface area contributed by atoms with E-state index in [-0.39, 0.29) is 18.9 Å². The average Bonchev–Trinajstić information content (AvgIpc) is 3.48. The van der Waals surface area contributed by atoms with E-state index in [0.29, 0.717) is 6.42 Å². The van der Waals surface area contributed by atoms with Crippen molar-refractivity contribution in [1.29, 1.82) is 0 Å². The van der Waals surface area contributed by atoms with Gasteiger partial charge in [0.2, 0.25) is 5.91 Å². The second kappa shape index (κ2) is 50.0. The molecule has 0 aromatic carbocycles. The van der Waals surface area contributed by atoms with Gasteiger partial charge in [0.15, 0.2) is 12.6 Å². The standard InChI is InChI=1S/C64H121NO13/c1-3-5-7-9-11-13-15-17-19-21-23-24-25-26-27-28-30-31-33-35-37-39-41-43-45-47-53(68)52(65-56(69)48-46-44-42-40-38-36-34-32-29-22-20-18-16-14-12-10-8-6-4-2)51-75-63-61(74)59(72)62(55(50-67)77-63)78-64-60(73)58(71)57(70)54(49-66)76-64/h18,20,45,47,52-55,57-64,66-68,70-74H,3-17,19,21-44,46,48-51H2,1-2H3,(H,65,69)/b20-18-,47-45+. The molecule has 0 aromatic rings. The predicted octanol–water partition coefficient (Wildman–Crippen LogP) is 12.0. The van der Waals surface area contributed by atoms with E-state index in [1.165, 1.54) is 218 Å². The molecular weight excluding hydrogens is 991 g/mol. The van der Waals surface area contributed by atoms with Crippen LogP contribution in [0.3, 0.4) is 0 Å². The van der Waals surface area contributed by atoms with Crippen molar-refractivity contribution in [3.8, 4) is 0 Å². The molecule has 0 saturated carbocycles. The molecule has 2 heterocycles. The maximum atomic E-state index is 13.3. The Morgan fingerprint density at radius 2 is 0.808 bits per heavy atom. The van der Waals surface area contributed by atoms with Gasteiger partial charge in [0.05, 0.1) is 32.0 Å². The highest BCUT2D eigenvalue weighted by Crippen LogP contribution is 2.30. The average molecular weight is 1110 g/mol. The van der Waals surface area contributed by atoms with Gasteiger partial charge in [-0.15, -0.1) is 0 Å². The fourth-order valence-corrected chi connectivity index (χ4v) is 10.9. The second-order valence-electron chi connectivity index (χ2n) is 23.2. The number of allylic oxidation sites excluding steroid dienone is 3. The third-order valence-corrected chi connectivity index (χ3v) is 16.1. The Labute approximate surface area is 475 Å². The number of carbonyl (C=O) groups excluding carboxylic acids is 1. The van der Waals surface area contributed by atoms with E-state index in [1.54, 1.807) is 6.08 Å². The van der Waals surface area contributed by atoms with Crippen LogP contribution in [-0.2, 0) is 23.7 Å². The van der Waals surface area contributed by atoms with Gasteiger partial charge in [-0.1, -0.05) is 256 Å². The minimum Gasteiger partial charge on any atom is -0.394 e. The van der Waals surface area contributed by atoms with E-state index >= 15 is 0 Å². The van der Waals surface area contributed by atoms with E-state index in [0.717, 1.165) is 38.5 Å². The lowest BCUT2D eigenvalue weighted by Crippen LogP contribution is -2.65. The van der Waals surface area contributed by atoms with E-state index in [4.69, 9.17) is 18.9 Å². The Kier molecular flexibility index (Phi) is 46.5. The smallest absolute Gasteiger partial charge is 0.220 e. The van der Waals surface area contributed by atoms with Crippen LogP contribution >= 0.6 is 0 Å². The first kappa shape index (κ1) is 72.6. The summed E-state index contributed by atoms with van der Waals surface area (Å²) in [7, 11) is 0. The lowest BCUT2D eigenvalue weighted by atomic mass is 9.97. The molecule has 1 amide bonds. The summed E-state index contributed by atoms with van der Waals surface area (Å²) in [5, 5.41) is 87.3. The van der Waals surface area contributed by atoms with Crippen molar-refractivity contribution >= 4 is 5.91 Å². The number of rotatable bonds is 53. The minimum atomic E-state index is -1.79. The van der Waals surface area contributed by atoms with Crippen molar-refractivity contribution in [2.24, 2.45) is 0 Å². The fraction of sp³-hybridized carbons (Fsp3) is 0.922. The number of aliphatic hydroxyl groups excluding tert-OH is 8. The number of carbonyl (C=O) groups is 1. The van der Waals surface area contributed by atoms with Crippen LogP contribution in [0.4, 0.5) is 0 Å². The molecule has 78 heavy (non-hydrogen) atoms. The molecule has 14 nitrogen and oxygen atoms in total. The quantitative estimate of drug-likeness (QED) is 0.0204. The Bertz CT molecular complexity index is 1400. The number of ether oxygens (including phenoxy) is 4. The zero-order chi connectivity index (χ0) is 56.7. The van der Waals surface area contributed by atoms with Gasteiger partial charge in [-0.3, -0.25) is 4.79 Å². The summed E-state index contributed by atoms with van der Waals surface area (Å²) < 4.78 is 22.8. The first-order valence-corrected chi connectivity index (χ1v) is 32.6. The highest BCUT2D eigenvalue weighted by Gasteiger charge is 2.51. The summed E-state index contributed by atoms with van der Waals surface area (Å²) in [5.74, 6) is -0.238. The number of nitrogens with one attached hydrogen (secondary N) is 1. The van der Waals surface area contributed by atoms with Crippen molar-refractivity contribution in [1.82, 2.24) is 5.32 Å². The second-order valence-corrected chi connectivity index (χ2v) is 23.2. The zero-order valence-corrected chi connectivity index (χ0v) is 49.7. The Morgan fingerprint density at radius 3 is 1.22 bits per heavy atom. The highest BCUT2D eigenvalue weighted by molar-refractivity contribution is 5.76. The van der Waals surface area contributed by atoms with Gasteiger partial charge in [0.1, 0.15) is 48.8 Å². The maximum Gasteiger partial charge on any atom is 0.220 e. The third-order valence-electron chi connectivity index (χ3n) is 16.1. The summed E-state index contributed by atoms with van der Waals surface area (Å²) in [5.41, 5.74) is 0. The van der Waals surface area contributed by atoms with Gasteiger partial charge in [-0.25, -0.2) is 0 Å². The Morgan fingerprint density at radius 1 is 0.449 bits per heavy atom. The van der Waals surface area contributed by atoms with Crippen LogP contribution in [0.15, 0.2) is 24.3 Å². The molecule has 9 N–H and O–H groups in total. The van der Waals surface area contributed by atoms with Gasteiger partial charge in [-0.2, -0.15) is 0 Å². The molecule has 12 unspecified atom stereocenters. The summed E-state index contributed by atoms with van der Waals surface area (Å²) in [6.45, 7) is 2.83. The number of aliphatic hydroxyl groups is 8. The van der Waals surface area contributed by atoms with E-state index in [9.17, 15) is 45.6 Å². The van der Waals surface area contributed by atoms with Gasteiger partial charge in [0.25, 0.3) is 0 Å². The van der Waals surface area contributed by atoms with Gasteiger partial charge >= 0.3 is 0 Å². The van der Waals surface area contributed by atoms with Gasteiger partial charge in [-0.05, 0) is 44.9 Å². The molecule has 2 fully saturated rings. The lowest BCUT2D eigenvalue weighted by molar-refractivity contribution is -0.359. The van der Waals surface area contributed by atoms with Crippen molar-refractivity contribution < 1.29 is 64.6 Å². The molecule has 12 atom stereocenters. The SMILES string of the molecule is CCCCCCCC/C=C\CCCCCCCCCCCC(=O)NC(COC1OC(CO)C(OC2OC(CO)C(O)C(O)C2O)C(O)C1O)C(O)/C=C/CCCCCCCCCCCCCCCCCCCCCCCCC. The lowest BCUT2D eigenvalue weighted by Gasteiger charge is -2.46. The minimum absolute atomic E-state index is 0.238. The summed E-state index contributed by atoms with van der Waals surface area (Å²) in [6.07, 6.45) is 43.6. The molecule has 0 bridgehead atoms. The van der Waals surface area contributed by atoms with Crippen molar-refractivity contribution in [2.75, 3.05) is 19.8 Å². The normalized spacial score (nSPS) is 24.6. The summed E-state index contributed by atoms with van der Waals surface area (Å²) >= 11 is 0. The number of hydrogen-bond acceptors (Lipinski definition) is 13. The van der Waals surface area contributed by atoms with E-state index in [2.05, 4.69) is 31.3 Å². The largest absolute Gasteiger partial charge is 0.394 e. The van der Waals surface area contributed by atoms with Crippen LogP contribution in [0, 0.1) is 0 Å². The first-order valence-electron chi connectivity index (χ1n) is 32.6. The Balaban J connectivity index is 1.72. The molecule has 14 heteroatoms. The molecule has 0 radical (unpaired) electrons. The maximum absolute atomic E-state index is 13.3. The van der Waals surface area contributed by atoms with Crippen molar-refractivity contribution in [3.63, 3.8) is 0 Å². The third kappa shape index (κ3) is 34.8. The van der Waals surface area contributed by atoms with Crippen molar-refractivity contribution in [3.05, 3.63) is 24.3 Å². The zero-order valence-electron chi connectivity index (χ0n) is 49.7. The topological polar surface area (TPSA) is 228 Å². The van der Waals surface area contributed by atoms with E-state index in [1.807, 2.05) is 6.08 Å². The number of hydrogen-bond donors (Lipinski definition) is 9. The number of amides is 1. The van der Waals surface area contributed by atoms with Crippen LogP contribution in [0.25, 0.3) is 0 Å². The van der Waals surface area contributed by atoms with Crippen LogP contribution in [-0.4, -0.2) is 140 Å². The highest BCUT2D eigenvalue weighted by atomic mass is 16.7. The van der Waals surface area contributed by atoms with Crippen LogP contribution in [0.1, 0.15) is 284 Å². The van der Waals surface area contributed by atoms with Crippen molar-refractivity contribution in [2.45, 2.75) is 357 Å². The van der Waals surface area contributed by atoms with E-state index < -0.39 is 86.8 Å². The van der Waals surface area contributed by atoms with Crippen LogP contribution < -0.4 is 5.32 Å². The first-order chi connectivity index (χ1) is 38.1. The fourth-order valence-electron chi connectivity index (χ4n) is 10.9. The molecule has 2 aliphatic rings. The monoisotopic (exact) mass is 1110 g/mol. The molecule has 0 spiro atoms. The molecule has 2 rings (SSSR count). The molecular formula is C64H121NO13. The number of unbranched alkanes of at least 4 members (excludes halogenated alkanes) is 38. The van der Waals surface area contributed by atoms with Crippen LogP contribution in [0.2, 0.25) is 0 Å². The Hall–Kier alpha value is -1.53. The van der Waals surface area contributed by atoms with Gasteiger partial charge < -0.3 is 65.1 Å². The predicted molar refractivity (Wildman–Crippen MR) is 314 cm³/mol. The molecule has 2 aliphatic heterocycles. The molecule has 0 aliphatic carbocycles. The summed E-state index contributed by atoms with van der Waals surface area (Å²) in [4.78, 5) is 13.3. The molecule has 460 valence electrons. The van der Waals surface area contributed by atoms with Gasteiger partial charge in [0, 0.05) is 6.42 Å². The molecule has 2 saturated heterocycles. The molecule has 0 aromatic heterocycles. The summed E-state index contributed by atoms with van der Waals surface area (Å²) in [6, 6.07) is -0.914. The van der Waals surface area contributed by atoms with Crippen LogP contribution in [0.5, 0.6) is 0 Å².